The predicted octanol–water partition coefficient (Wildman–Crippen LogP) is 5.57. The third kappa shape index (κ3) is 6.08. The van der Waals surface area contributed by atoms with Gasteiger partial charge in [-0.15, -0.1) is 0 Å². The van der Waals surface area contributed by atoms with E-state index in [2.05, 4.69) is 42.4 Å². The largest absolute Gasteiger partial charge is 0.497 e. The number of amides is 1. The summed E-state index contributed by atoms with van der Waals surface area (Å²) in [5.74, 6) is 1.20. The highest BCUT2D eigenvalue weighted by Gasteiger charge is 2.13. The Bertz CT molecular complexity index is 1090. The quantitative estimate of drug-likeness (QED) is 0.295. The van der Waals surface area contributed by atoms with Gasteiger partial charge in [-0.25, -0.2) is 5.43 Å². The third-order valence-corrected chi connectivity index (χ3v) is 5.33. The van der Waals surface area contributed by atoms with E-state index in [1.165, 1.54) is 13.3 Å². The number of nitrogens with zero attached hydrogens (tertiary/aromatic N) is 1. The Kier molecular flexibility index (Phi) is 8.08. The molecule has 0 aromatic heterocycles. The molecule has 0 saturated carbocycles. The number of hydrazone groups is 1. The first kappa shape index (κ1) is 22.8. The van der Waals surface area contributed by atoms with E-state index in [1.54, 1.807) is 25.3 Å². The van der Waals surface area contributed by atoms with Crippen molar-refractivity contribution in [2.75, 3.05) is 14.2 Å². The minimum absolute atomic E-state index is 0.344. The molecule has 3 aromatic carbocycles. The highest BCUT2D eigenvalue weighted by atomic mass is 79.9. The number of benzene rings is 3. The normalized spacial score (nSPS) is 10.7. The van der Waals surface area contributed by atoms with Gasteiger partial charge >= 0.3 is 0 Å². The van der Waals surface area contributed by atoms with E-state index < -0.39 is 5.91 Å². The van der Waals surface area contributed by atoms with Gasteiger partial charge < -0.3 is 14.2 Å². The van der Waals surface area contributed by atoms with Crippen molar-refractivity contribution in [3.05, 3.63) is 86.3 Å². The number of methoxy groups -OCH3 is 2. The molecular weight excluding hydrogens is 528 g/mol. The minimum atomic E-state index is -0.406. The highest BCUT2D eigenvalue weighted by Crippen LogP contribution is 2.32. The summed E-state index contributed by atoms with van der Waals surface area (Å²) in [5, 5.41) is 4.10. The topological polar surface area (TPSA) is 69.2 Å². The van der Waals surface area contributed by atoms with Crippen molar-refractivity contribution >= 4 is 44.0 Å². The lowest BCUT2D eigenvalue weighted by Gasteiger charge is -2.12. The molecule has 1 N–H and O–H groups in total. The second kappa shape index (κ2) is 11.0. The number of ether oxygens (including phenoxy) is 3. The summed E-state index contributed by atoms with van der Waals surface area (Å²) in [5.41, 5.74) is 4.60. The van der Waals surface area contributed by atoms with E-state index in [0.29, 0.717) is 35.0 Å². The number of rotatable bonds is 8. The van der Waals surface area contributed by atoms with Crippen LogP contribution in [-0.4, -0.2) is 26.3 Å². The molecule has 31 heavy (non-hydrogen) atoms. The molecule has 0 radical (unpaired) electrons. The maximum atomic E-state index is 12.5. The minimum Gasteiger partial charge on any atom is -0.497 e. The summed E-state index contributed by atoms with van der Waals surface area (Å²) in [6, 6.07) is 18.5. The maximum Gasteiger partial charge on any atom is 0.275 e. The van der Waals surface area contributed by atoms with Crippen LogP contribution in [0.4, 0.5) is 0 Å². The van der Waals surface area contributed by atoms with Crippen LogP contribution in [0.15, 0.2) is 74.7 Å². The summed E-state index contributed by atoms with van der Waals surface area (Å²) in [6.07, 6.45) is 1.53. The Morgan fingerprint density at radius 2 is 1.81 bits per heavy atom. The number of halogens is 2. The summed E-state index contributed by atoms with van der Waals surface area (Å²) < 4.78 is 18.0. The van der Waals surface area contributed by atoms with Gasteiger partial charge in [0.25, 0.3) is 5.91 Å². The van der Waals surface area contributed by atoms with Crippen molar-refractivity contribution in [3.63, 3.8) is 0 Å². The highest BCUT2D eigenvalue weighted by molar-refractivity contribution is 9.11. The molecule has 0 heterocycles. The van der Waals surface area contributed by atoms with Crippen LogP contribution in [0.2, 0.25) is 0 Å². The molecule has 0 saturated heterocycles. The second-order valence-corrected chi connectivity index (χ2v) is 8.12. The second-order valence-electron chi connectivity index (χ2n) is 6.35. The van der Waals surface area contributed by atoms with Crippen molar-refractivity contribution in [3.8, 4) is 17.2 Å². The standard InChI is InChI=1S/C23H20Br2N2O4/c1-29-18-8-9-19(21(12-18)30-2)23(28)27-26-13-16-10-17(24)11-20(25)22(16)31-14-15-6-4-3-5-7-15/h3-13H,14H2,1-2H3,(H,27,28)/b26-13-. The van der Waals surface area contributed by atoms with Crippen LogP contribution in [0.3, 0.4) is 0 Å². The molecule has 160 valence electrons. The fraction of sp³-hybridized carbons (Fsp3) is 0.130. The zero-order valence-corrected chi connectivity index (χ0v) is 20.1. The van der Waals surface area contributed by atoms with E-state index in [4.69, 9.17) is 14.2 Å². The van der Waals surface area contributed by atoms with Crippen molar-refractivity contribution in [1.82, 2.24) is 5.43 Å². The number of hydrogen-bond donors (Lipinski definition) is 1. The van der Waals surface area contributed by atoms with E-state index >= 15 is 0 Å². The zero-order chi connectivity index (χ0) is 22.2. The molecule has 0 bridgehead atoms. The van der Waals surface area contributed by atoms with Gasteiger partial charge in [0, 0.05) is 16.1 Å². The Morgan fingerprint density at radius 1 is 1.03 bits per heavy atom. The lowest BCUT2D eigenvalue weighted by Crippen LogP contribution is -2.18. The monoisotopic (exact) mass is 546 g/mol. The van der Waals surface area contributed by atoms with Gasteiger partial charge in [0.15, 0.2) is 0 Å². The summed E-state index contributed by atoms with van der Waals surface area (Å²) in [4.78, 5) is 12.5. The van der Waals surface area contributed by atoms with Gasteiger partial charge in [-0.2, -0.15) is 5.10 Å². The van der Waals surface area contributed by atoms with Crippen LogP contribution < -0.4 is 19.6 Å². The Labute approximate surface area is 197 Å². The van der Waals surface area contributed by atoms with Crippen LogP contribution in [0, 0.1) is 0 Å². The van der Waals surface area contributed by atoms with Gasteiger partial charge in [0.2, 0.25) is 0 Å². The van der Waals surface area contributed by atoms with Crippen LogP contribution in [0.5, 0.6) is 17.2 Å². The number of carbonyl (C=O) groups is 1. The number of nitrogens with one attached hydrogen (secondary N) is 1. The van der Waals surface area contributed by atoms with Gasteiger partial charge in [-0.3, -0.25) is 4.79 Å². The lowest BCUT2D eigenvalue weighted by atomic mass is 10.2. The first-order valence-electron chi connectivity index (χ1n) is 9.23. The maximum absolute atomic E-state index is 12.5. The number of carbonyl (C=O) groups excluding carboxylic acids is 1. The van der Waals surface area contributed by atoms with Crippen LogP contribution >= 0.6 is 31.9 Å². The Hall–Kier alpha value is -2.84. The summed E-state index contributed by atoms with van der Waals surface area (Å²) >= 11 is 7.00. The van der Waals surface area contributed by atoms with E-state index in [-0.39, 0.29) is 0 Å². The molecule has 0 atom stereocenters. The molecule has 0 fully saturated rings. The van der Waals surface area contributed by atoms with E-state index in [0.717, 1.165) is 14.5 Å². The van der Waals surface area contributed by atoms with E-state index in [9.17, 15) is 4.79 Å². The summed E-state index contributed by atoms with van der Waals surface area (Å²) in [6.45, 7) is 0.400. The third-order valence-electron chi connectivity index (χ3n) is 4.29. The molecule has 0 aliphatic heterocycles. The zero-order valence-electron chi connectivity index (χ0n) is 16.9. The van der Waals surface area contributed by atoms with Crippen LogP contribution in [-0.2, 0) is 6.61 Å². The van der Waals surface area contributed by atoms with Crippen molar-refractivity contribution in [2.24, 2.45) is 5.10 Å². The predicted molar refractivity (Wildman–Crippen MR) is 127 cm³/mol. The van der Waals surface area contributed by atoms with Crippen molar-refractivity contribution in [1.29, 1.82) is 0 Å². The molecular formula is C23H20Br2N2O4. The SMILES string of the molecule is COc1ccc(C(=O)N/N=C\c2cc(Br)cc(Br)c2OCc2ccccc2)c(OC)c1. The molecule has 0 spiro atoms. The Balaban J connectivity index is 1.76. The van der Waals surface area contributed by atoms with Crippen LogP contribution in [0.1, 0.15) is 21.5 Å². The van der Waals surface area contributed by atoms with Gasteiger partial charge in [0.05, 0.1) is 30.5 Å². The van der Waals surface area contributed by atoms with Gasteiger partial charge in [0.1, 0.15) is 23.9 Å². The molecule has 3 aromatic rings. The lowest BCUT2D eigenvalue weighted by molar-refractivity contribution is 0.0952. The van der Waals surface area contributed by atoms with Gasteiger partial charge in [-0.1, -0.05) is 46.3 Å². The Morgan fingerprint density at radius 3 is 2.52 bits per heavy atom. The first-order valence-corrected chi connectivity index (χ1v) is 10.8. The van der Waals surface area contributed by atoms with Gasteiger partial charge in [-0.05, 0) is 45.8 Å². The average Bonchev–Trinajstić information content (AvgIpc) is 2.78. The molecule has 6 nitrogen and oxygen atoms in total. The molecule has 0 aliphatic rings. The number of hydrogen-bond acceptors (Lipinski definition) is 5. The molecule has 0 unspecified atom stereocenters. The fourth-order valence-corrected chi connectivity index (χ4v) is 4.14. The first-order chi connectivity index (χ1) is 15.0. The molecule has 0 aliphatic carbocycles. The molecule has 1 amide bonds. The van der Waals surface area contributed by atoms with E-state index in [1.807, 2.05) is 42.5 Å². The molecule has 8 heteroatoms. The van der Waals surface area contributed by atoms with Crippen LogP contribution in [0.25, 0.3) is 0 Å². The smallest absolute Gasteiger partial charge is 0.275 e. The molecule has 3 rings (SSSR count). The van der Waals surface area contributed by atoms with Crippen molar-refractivity contribution in [2.45, 2.75) is 6.61 Å². The summed E-state index contributed by atoms with van der Waals surface area (Å²) in [7, 11) is 3.04. The van der Waals surface area contributed by atoms with Crippen molar-refractivity contribution < 1.29 is 19.0 Å². The fourth-order valence-electron chi connectivity index (χ4n) is 2.76. The average molecular weight is 548 g/mol.